The number of amides is 2. The second-order valence-electron chi connectivity index (χ2n) is 12.1. The Labute approximate surface area is 293 Å². The van der Waals surface area contributed by atoms with Gasteiger partial charge in [0.05, 0.1) is 45.9 Å². The summed E-state index contributed by atoms with van der Waals surface area (Å²) in [5.74, 6) is -1.93. The van der Waals surface area contributed by atoms with Crippen molar-refractivity contribution >= 4 is 34.9 Å². The van der Waals surface area contributed by atoms with Crippen molar-refractivity contribution in [2.45, 2.75) is 51.1 Å². The number of hydrogen-bond acceptors (Lipinski definition) is 10. The van der Waals surface area contributed by atoms with E-state index < -0.39 is 47.8 Å². The molecule has 2 amide bonds. The molecule has 2 N–H and O–H groups in total. The van der Waals surface area contributed by atoms with Gasteiger partial charge in [-0.15, -0.1) is 5.10 Å². The van der Waals surface area contributed by atoms with Crippen LogP contribution >= 0.6 is 11.6 Å². The van der Waals surface area contributed by atoms with Crippen molar-refractivity contribution in [2.24, 2.45) is 0 Å². The Balaban J connectivity index is 1.27. The number of halogens is 6. The van der Waals surface area contributed by atoms with E-state index in [9.17, 15) is 41.4 Å². The molecule has 0 aliphatic carbocycles. The number of piperidine rings is 1. The maximum Gasteiger partial charge on any atom is 0.416 e. The fourth-order valence-corrected chi connectivity index (χ4v) is 6.67. The third-order valence-electron chi connectivity index (χ3n) is 9.02. The average molecular weight is 749 g/mol. The fourth-order valence-electron chi connectivity index (χ4n) is 6.45. The second kappa shape index (κ2) is 12.9. The van der Waals surface area contributed by atoms with E-state index in [0.717, 1.165) is 35.4 Å². The van der Waals surface area contributed by atoms with E-state index in [1.165, 1.54) is 16.4 Å². The summed E-state index contributed by atoms with van der Waals surface area (Å²) in [6.07, 6.45) is -1.07. The van der Waals surface area contributed by atoms with Crippen LogP contribution in [0, 0.1) is 6.92 Å². The molecular weight excluding hydrogens is 723 g/mol. The third kappa shape index (κ3) is 6.10. The molecule has 1 saturated heterocycles. The predicted molar refractivity (Wildman–Crippen MR) is 170 cm³/mol. The van der Waals surface area contributed by atoms with Gasteiger partial charge in [-0.3, -0.25) is 14.4 Å². The van der Waals surface area contributed by atoms with Crippen LogP contribution in [0.15, 0.2) is 41.7 Å². The molecule has 1 fully saturated rings. The molecule has 272 valence electrons. The van der Waals surface area contributed by atoms with Crippen LogP contribution in [0.25, 0.3) is 17.2 Å². The lowest BCUT2D eigenvalue weighted by atomic mass is 9.81. The van der Waals surface area contributed by atoms with E-state index in [-0.39, 0.29) is 89.5 Å². The van der Waals surface area contributed by atoms with Gasteiger partial charge in [0, 0.05) is 31.4 Å². The lowest BCUT2D eigenvalue weighted by Crippen LogP contribution is -2.52. The van der Waals surface area contributed by atoms with E-state index >= 15 is 0 Å². The predicted octanol–water partition coefficient (Wildman–Crippen LogP) is 3.97. The number of benzene rings is 1. The summed E-state index contributed by atoms with van der Waals surface area (Å²) in [5.41, 5.74) is -2.45. The molecule has 0 saturated carbocycles. The van der Waals surface area contributed by atoms with Crippen LogP contribution in [0.1, 0.15) is 52.4 Å². The molecule has 6 heterocycles. The highest BCUT2D eigenvalue weighted by molar-refractivity contribution is 6.33. The highest BCUT2D eigenvalue weighted by atomic mass is 35.5. The summed E-state index contributed by atoms with van der Waals surface area (Å²) >= 11 is 6.08. The van der Waals surface area contributed by atoms with Gasteiger partial charge in [-0.05, 0) is 38.0 Å². The minimum atomic E-state index is -4.66. The summed E-state index contributed by atoms with van der Waals surface area (Å²) in [6.45, 7) is -1.70. The molecule has 0 bridgehead atoms. The van der Waals surface area contributed by atoms with Crippen molar-refractivity contribution in [3.05, 3.63) is 80.5 Å². The second-order valence-corrected chi connectivity index (χ2v) is 12.5. The Bertz CT molecular complexity index is 2300. The van der Waals surface area contributed by atoms with E-state index in [1.807, 2.05) is 0 Å². The Hall–Kier alpha value is -5.50. The number of nitrogens with one attached hydrogen (secondary N) is 1. The lowest BCUT2D eigenvalue weighted by Gasteiger charge is -2.44. The van der Waals surface area contributed by atoms with E-state index in [1.54, 1.807) is 0 Å². The molecule has 1 aromatic carbocycles. The maximum absolute atomic E-state index is 14.3. The van der Waals surface area contributed by atoms with Crippen molar-refractivity contribution in [2.75, 3.05) is 25.0 Å². The highest BCUT2D eigenvalue weighted by Crippen LogP contribution is 2.41. The smallest absolute Gasteiger partial charge is 0.416 e. The van der Waals surface area contributed by atoms with Gasteiger partial charge in [-0.25, -0.2) is 14.6 Å². The quantitative estimate of drug-likeness (QED) is 0.242. The van der Waals surface area contributed by atoms with Gasteiger partial charge < -0.3 is 24.6 Å². The van der Waals surface area contributed by atoms with E-state index in [4.69, 9.17) is 16.3 Å². The SMILES string of the molecule is Cc1ncnc(C(=O)N2CCC3(CC2)OCCc2c3c(=O)n3nc(-c4cnn(C(F)F)c4)nc3n2CC(=O)Nc2ccc(C(F)(F)F)cc2Cl)c1O. The number of nitrogens with zero attached hydrogens (tertiary/aromatic N) is 9. The molecule has 7 rings (SSSR count). The van der Waals surface area contributed by atoms with Crippen LogP contribution in [-0.4, -0.2) is 80.4 Å². The largest absolute Gasteiger partial charge is 0.504 e. The normalized spacial score (nSPS) is 15.7. The number of aryl methyl sites for hydroxylation is 1. The number of aromatic hydroxyl groups is 1. The molecular formula is C31H26ClF5N10O5. The number of likely N-dealkylation sites (tertiary alicyclic amines) is 1. The molecule has 15 nitrogen and oxygen atoms in total. The molecule has 0 atom stereocenters. The number of hydrogen-bond donors (Lipinski definition) is 2. The Morgan fingerprint density at radius 3 is 2.60 bits per heavy atom. The van der Waals surface area contributed by atoms with E-state index in [0.29, 0.717) is 16.4 Å². The Kier molecular flexibility index (Phi) is 8.68. The molecule has 2 aliphatic rings. The number of carbonyl (C=O) groups excluding carboxylic acids is 2. The van der Waals surface area contributed by atoms with Crippen LogP contribution in [-0.2, 0) is 34.3 Å². The Morgan fingerprint density at radius 2 is 1.92 bits per heavy atom. The number of anilines is 1. The summed E-state index contributed by atoms with van der Waals surface area (Å²) in [7, 11) is 0. The minimum absolute atomic E-state index is 0.0508. The molecule has 52 heavy (non-hydrogen) atoms. The van der Waals surface area contributed by atoms with Crippen molar-refractivity contribution in [1.29, 1.82) is 0 Å². The molecule has 2 aliphatic heterocycles. The summed E-state index contributed by atoms with van der Waals surface area (Å²) in [4.78, 5) is 54.8. The molecule has 21 heteroatoms. The van der Waals surface area contributed by atoms with Crippen molar-refractivity contribution in [3.63, 3.8) is 0 Å². The summed E-state index contributed by atoms with van der Waals surface area (Å²) in [5, 5.41) is 20.4. The van der Waals surface area contributed by atoms with Gasteiger partial charge in [-0.1, -0.05) is 11.6 Å². The Morgan fingerprint density at radius 1 is 1.17 bits per heavy atom. The standard InChI is InChI=1S/C31H26ClF5N10O5/c1-15-24(49)23(39-14-38-15)27(51)44-7-5-30(6-8-44)22-20(4-9-52-30)45(13-21(48)41-19-3-2-17(10-18(19)32)31(35,36)37)29-42-25(43-47(29)26(22)50)16-11-40-46(12-16)28(33)34/h2-3,10-12,14,28,49H,4-9,13H2,1H3,(H,41,48). The third-order valence-corrected chi connectivity index (χ3v) is 9.34. The minimum Gasteiger partial charge on any atom is -0.504 e. The first-order valence-electron chi connectivity index (χ1n) is 15.6. The van der Waals surface area contributed by atoms with E-state index in [2.05, 4.69) is 30.5 Å². The first kappa shape index (κ1) is 34.9. The zero-order valence-corrected chi connectivity index (χ0v) is 27.6. The first-order chi connectivity index (χ1) is 24.7. The lowest BCUT2D eigenvalue weighted by molar-refractivity contribution is -0.137. The zero-order valence-electron chi connectivity index (χ0n) is 26.9. The number of rotatable bonds is 6. The van der Waals surface area contributed by atoms with Gasteiger partial charge in [0.2, 0.25) is 11.7 Å². The van der Waals surface area contributed by atoms with Crippen molar-refractivity contribution < 1.29 is 41.4 Å². The highest BCUT2D eigenvalue weighted by Gasteiger charge is 2.46. The summed E-state index contributed by atoms with van der Waals surface area (Å²) < 4.78 is 75.2. The number of alkyl halides is 5. The first-order valence-corrected chi connectivity index (χ1v) is 16.0. The number of carbonyl (C=O) groups is 2. The van der Waals surface area contributed by atoms with Crippen molar-refractivity contribution in [1.82, 2.24) is 43.8 Å². The van der Waals surface area contributed by atoms with Gasteiger partial charge in [0.25, 0.3) is 11.5 Å². The van der Waals surface area contributed by atoms with Crippen LogP contribution in [0.5, 0.6) is 5.75 Å². The number of ether oxygens (including phenoxy) is 1. The summed E-state index contributed by atoms with van der Waals surface area (Å²) in [6, 6.07) is 2.44. The molecule has 1 spiro atoms. The van der Waals surface area contributed by atoms with Gasteiger partial charge in [0.1, 0.15) is 18.5 Å². The van der Waals surface area contributed by atoms with Crippen LogP contribution in [0.2, 0.25) is 5.02 Å². The van der Waals surface area contributed by atoms with Crippen LogP contribution in [0.3, 0.4) is 0 Å². The topological polar surface area (TPSA) is 175 Å². The van der Waals surface area contributed by atoms with Crippen molar-refractivity contribution in [3.8, 4) is 17.1 Å². The van der Waals surface area contributed by atoms with Gasteiger partial charge >= 0.3 is 12.7 Å². The molecule has 4 aromatic heterocycles. The van der Waals surface area contributed by atoms with Crippen LogP contribution < -0.4 is 10.9 Å². The monoisotopic (exact) mass is 748 g/mol. The number of aromatic nitrogens is 8. The van der Waals surface area contributed by atoms with Gasteiger partial charge in [0.15, 0.2) is 17.3 Å². The van der Waals surface area contributed by atoms with Crippen LogP contribution in [0.4, 0.5) is 27.6 Å². The number of fused-ring (bicyclic) bond motifs is 3. The maximum atomic E-state index is 14.3. The fraction of sp³-hybridized carbons (Fsp3) is 0.355. The molecule has 5 aromatic rings. The zero-order chi connectivity index (χ0) is 37.1. The molecule has 0 unspecified atom stereocenters. The van der Waals surface area contributed by atoms with Gasteiger partial charge in [-0.2, -0.15) is 36.6 Å². The average Bonchev–Trinajstić information content (AvgIpc) is 3.77. The molecule has 0 radical (unpaired) electrons.